The van der Waals surface area contributed by atoms with E-state index >= 15 is 0 Å². The second-order valence-electron chi connectivity index (χ2n) is 6.06. The molecule has 1 saturated heterocycles. The van der Waals surface area contributed by atoms with Crippen LogP contribution < -0.4 is 15.4 Å². The lowest BCUT2D eigenvalue weighted by atomic mass is 9.83. The SMILES string of the molecule is COC(=O)Nc1ccc(S(=O)(=O)NCC2(C)CCCNC2)cc1.Cl. The van der Waals surface area contributed by atoms with Gasteiger partial charge in [0.05, 0.1) is 12.0 Å². The van der Waals surface area contributed by atoms with Gasteiger partial charge in [0.15, 0.2) is 0 Å². The number of rotatable bonds is 5. The fraction of sp³-hybridized carbons (Fsp3) is 0.533. The molecule has 2 rings (SSSR count). The van der Waals surface area contributed by atoms with E-state index in [4.69, 9.17) is 0 Å². The predicted octanol–water partition coefficient (Wildman–Crippen LogP) is 1.95. The van der Waals surface area contributed by atoms with Crippen molar-refractivity contribution in [1.29, 1.82) is 0 Å². The third-order valence-corrected chi connectivity index (χ3v) is 5.39. The highest BCUT2D eigenvalue weighted by Crippen LogP contribution is 2.25. The maximum absolute atomic E-state index is 12.4. The van der Waals surface area contributed by atoms with E-state index in [1.54, 1.807) is 0 Å². The van der Waals surface area contributed by atoms with Gasteiger partial charge < -0.3 is 10.1 Å². The number of hydrogen-bond donors (Lipinski definition) is 3. The van der Waals surface area contributed by atoms with E-state index in [-0.39, 0.29) is 22.7 Å². The smallest absolute Gasteiger partial charge is 0.411 e. The number of carbonyl (C=O) groups excluding carboxylic acids is 1. The molecule has 1 heterocycles. The van der Waals surface area contributed by atoms with Crippen LogP contribution in [0.25, 0.3) is 0 Å². The Morgan fingerprint density at radius 3 is 2.54 bits per heavy atom. The minimum atomic E-state index is -3.57. The van der Waals surface area contributed by atoms with Crippen molar-refractivity contribution < 1.29 is 17.9 Å². The van der Waals surface area contributed by atoms with Gasteiger partial charge in [-0.25, -0.2) is 17.9 Å². The van der Waals surface area contributed by atoms with Gasteiger partial charge in [-0.3, -0.25) is 5.32 Å². The van der Waals surface area contributed by atoms with Crippen LogP contribution in [0.3, 0.4) is 0 Å². The van der Waals surface area contributed by atoms with Gasteiger partial charge in [-0.15, -0.1) is 12.4 Å². The van der Waals surface area contributed by atoms with Gasteiger partial charge in [-0.2, -0.15) is 0 Å². The maximum atomic E-state index is 12.4. The molecule has 1 atom stereocenters. The molecule has 0 spiro atoms. The summed E-state index contributed by atoms with van der Waals surface area (Å²) in [6.45, 7) is 4.25. The monoisotopic (exact) mass is 377 g/mol. The minimum absolute atomic E-state index is 0. The molecule has 0 bridgehead atoms. The third kappa shape index (κ3) is 5.62. The Hall–Kier alpha value is -1.35. The molecule has 0 saturated carbocycles. The zero-order chi connectivity index (χ0) is 16.9. The topological polar surface area (TPSA) is 96.5 Å². The molecule has 1 aliphatic rings. The highest BCUT2D eigenvalue weighted by Gasteiger charge is 2.28. The number of nitrogens with one attached hydrogen (secondary N) is 3. The number of carbonyl (C=O) groups is 1. The van der Waals surface area contributed by atoms with Crippen molar-refractivity contribution in [2.45, 2.75) is 24.7 Å². The molecule has 0 aliphatic carbocycles. The molecule has 1 aliphatic heterocycles. The standard InChI is InChI=1S/C15H23N3O4S.ClH/c1-15(8-3-9-16-10-15)11-17-23(20,21)13-6-4-12(5-7-13)18-14(19)22-2;/h4-7,16-17H,3,8-11H2,1-2H3,(H,18,19);1H. The number of anilines is 1. The van der Waals surface area contributed by atoms with Crippen molar-refractivity contribution >= 4 is 34.2 Å². The van der Waals surface area contributed by atoms with E-state index in [9.17, 15) is 13.2 Å². The quantitative estimate of drug-likeness (QED) is 0.728. The number of halogens is 1. The van der Waals surface area contributed by atoms with E-state index in [0.717, 1.165) is 25.9 Å². The van der Waals surface area contributed by atoms with Gasteiger partial charge >= 0.3 is 6.09 Å². The largest absolute Gasteiger partial charge is 0.453 e. The van der Waals surface area contributed by atoms with Crippen LogP contribution in [0.4, 0.5) is 10.5 Å². The van der Waals surface area contributed by atoms with Crippen molar-refractivity contribution in [3.05, 3.63) is 24.3 Å². The first-order valence-electron chi connectivity index (χ1n) is 7.50. The second-order valence-corrected chi connectivity index (χ2v) is 7.82. The van der Waals surface area contributed by atoms with Crippen molar-refractivity contribution in [2.24, 2.45) is 5.41 Å². The first kappa shape index (κ1) is 20.7. The van der Waals surface area contributed by atoms with Gasteiger partial charge in [-0.05, 0) is 49.1 Å². The fourth-order valence-electron chi connectivity index (χ4n) is 2.51. The Balaban J connectivity index is 0.00000288. The first-order chi connectivity index (χ1) is 10.8. The Morgan fingerprint density at radius 2 is 2.00 bits per heavy atom. The van der Waals surface area contributed by atoms with Crippen LogP contribution in [0.15, 0.2) is 29.2 Å². The summed E-state index contributed by atoms with van der Waals surface area (Å²) in [6, 6.07) is 5.95. The van der Waals surface area contributed by atoms with E-state index in [0.29, 0.717) is 12.2 Å². The lowest BCUT2D eigenvalue weighted by Gasteiger charge is -2.34. The van der Waals surface area contributed by atoms with Gasteiger partial charge in [0, 0.05) is 18.8 Å². The van der Waals surface area contributed by atoms with Gasteiger partial charge in [-0.1, -0.05) is 6.92 Å². The highest BCUT2D eigenvalue weighted by molar-refractivity contribution is 7.89. The van der Waals surface area contributed by atoms with Gasteiger partial charge in [0.25, 0.3) is 0 Å². The van der Waals surface area contributed by atoms with Crippen molar-refractivity contribution in [3.63, 3.8) is 0 Å². The molecular weight excluding hydrogens is 354 g/mol. The van der Waals surface area contributed by atoms with Crippen LogP contribution in [-0.4, -0.2) is 41.3 Å². The minimum Gasteiger partial charge on any atom is -0.453 e. The second kappa shape index (κ2) is 8.66. The summed E-state index contributed by atoms with van der Waals surface area (Å²) in [5.74, 6) is 0. The summed E-state index contributed by atoms with van der Waals surface area (Å²) in [5, 5.41) is 5.77. The molecule has 1 fully saturated rings. The Labute approximate surface area is 149 Å². The summed E-state index contributed by atoms with van der Waals surface area (Å²) >= 11 is 0. The predicted molar refractivity (Wildman–Crippen MR) is 95.1 cm³/mol. The average Bonchev–Trinajstić information content (AvgIpc) is 2.54. The molecule has 0 aromatic heterocycles. The summed E-state index contributed by atoms with van der Waals surface area (Å²) < 4.78 is 31.9. The summed E-state index contributed by atoms with van der Waals surface area (Å²) in [7, 11) is -2.31. The fourth-order valence-corrected chi connectivity index (χ4v) is 3.71. The van der Waals surface area contributed by atoms with Crippen LogP contribution in [0.2, 0.25) is 0 Å². The number of piperidine rings is 1. The summed E-state index contributed by atoms with van der Waals surface area (Å²) in [5.41, 5.74) is 0.400. The van der Waals surface area contributed by atoms with Crippen LogP contribution in [-0.2, 0) is 14.8 Å². The molecule has 1 amide bonds. The van der Waals surface area contributed by atoms with Crippen LogP contribution in [0.1, 0.15) is 19.8 Å². The molecule has 1 aromatic rings. The van der Waals surface area contributed by atoms with Crippen LogP contribution in [0, 0.1) is 5.41 Å². The average molecular weight is 378 g/mol. The normalized spacial score (nSPS) is 20.8. The van der Waals surface area contributed by atoms with E-state index in [1.165, 1.54) is 31.4 Å². The number of benzene rings is 1. The van der Waals surface area contributed by atoms with Crippen molar-refractivity contribution in [1.82, 2.24) is 10.0 Å². The molecule has 1 aromatic carbocycles. The third-order valence-electron chi connectivity index (χ3n) is 3.97. The molecule has 9 heteroatoms. The molecule has 7 nitrogen and oxygen atoms in total. The number of ether oxygens (including phenoxy) is 1. The summed E-state index contributed by atoms with van der Waals surface area (Å²) in [6.07, 6.45) is 1.44. The van der Waals surface area contributed by atoms with Crippen LogP contribution >= 0.6 is 12.4 Å². The number of hydrogen-bond acceptors (Lipinski definition) is 5. The number of sulfonamides is 1. The molecule has 24 heavy (non-hydrogen) atoms. The zero-order valence-corrected chi connectivity index (χ0v) is 15.4. The van der Waals surface area contributed by atoms with Crippen LogP contribution in [0.5, 0.6) is 0 Å². The number of methoxy groups -OCH3 is 1. The van der Waals surface area contributed by atoms with E-state index in [1.807, 2.05) is 0 Å². The molecule has 3 N–H and O–H groups in total. The lowest BCUT2D eigenvalue weighted by molar-refractivity contribution is 0.187. The summed E-state index contributed by atoms with van der Waals surface area (Å²) in [4.78, 5) is 11.3. The molecule has 1 unspecified atom stereocenters. The van der Waals surface area contributed by atoms with Gasteiger partial charge in [0.2, 0.25) is 10.0 Å². The Morgan fingerprint density at radius 1 is 1.33 bits per heavy atom. The Kier molecular flexibility index (Phi) is 7.47. The molecule has 136 valence electrons. The Bertz CT molecular complexity index is 643. The van der Waals surface area contributed by atoms with Crippen molar-refractivity contribution in [2.75, 3.05) is 32.1 Å². The molecule has 0 radical (unpaired) electrons. The number of amides is 1. The van der Waals surface area contributed by atoms with E-state index < -0.39 is 16.1 Å². The zero-order valence-electron chi connectivity index (χ0n) is 13.8. The molecular formula is C15H24ClN3O4S. The first-order valence-corrected chi connectivity index (χ1v) is 8.98. The van der Waals surface area contributed by atoms with Gasteiger partial charge in [0.1, 0.15) is 0 Å². The van der Waals surface area contributed by atoms with Crippen molar-refractivity contribution in [3.8, 4) is 0 Å². The lowest BCUT2D eigenvalue weighted by Crippen LogP contribution is -2.45. The highest BCUT2D eigenvalue weighted by atomic mass is 35.5. The maximum Gasteiger partial charge on any atom is 0.411 e. The van der Waals surface area contributed by atoms with E-state index in [2.05, 4.69) is 27.0 Å².